The number of aromatic nitrogens is 4. The third-order valence-electron chi connectivity index (χ3n) is 4.91. The number of rotatable bonds is 8. The highest BCUT2D eigenvalue weighted by Crippen LogP contribution is 2.34. The number of nitrogens with zero attached hydrogens (tertiary/aromatic N) is 5. The second-order valence-corrected chi connectivity index (χ2v) is 7.30. The zero-order valence-corrected chi connectivity index (χ0v) is 17.2. The molecule has 2 atom stereocenters. The highest BCUT2D eigenvalue weighted by molar-refractivity contribution is 5.81. The number of nitrogens with two attached hydrogens (primary N) is 1. The molecular weight excluding hydrogens is 411 g/mol. The lowest BCUT2D eigenvalue weighted by molar-refractivity contribution is -0.118. The molecular formula is C22H21FN8O. The number of anilines is 3. The van der Waals surface area contributed by atoms with Crippen molar-refractivity contribution in [2.24, 2.45) is 10.7 Å². The van der Waals surface area contributed by atoms with Gasteiger partial charge in [0.25, 0.3) is 0 Å². The van der Waals surface area contributed by atoms with Crippen molar-refractivity contribution < 1.29 is 9.18 Å². The molecule has 9 nitrogen and oxygen atoms in total. The van der Waals surface area contributed by atoms with Crippen molar-refractivity contribution in [3.8, 4) is 0 Å². The quantitative estimate of drug-likeness (QED) is 0.498. The van der Waals surface area contributed by atoms with Crippen molar-refractivity contribution >= 4 is 29.7 Å². The second kappa shape index (κ2) is 8.88. The molecule has 32 heavy (non-hydrogen) atoms. The predicted octanol–water partition coefficient (Wildman–Crippen LogP) is 3.03. The highest BCUT2D eigenvalue weighted by Gasteiger charge is 2.35. The molecule has 1 amide bonds. The van der Waals surface area contributed by atoms with Gasteiger partial charge in [-0.05, 0) is 36.8 Å². The molecule has 4 N–H and O–H groups in total. The van der Waals surface area contributed by atoms with Crippen molar-refractivity contribution in [1.82, 2.24) is 19.9 Å². The standard InChI is InChI=1S/C22H21FN8O/c1-14(15-3-5-16(23)6-4-15)28-21-29-17(22(12-18(24)32)7-2-8-27-22)11-19(31-21)30-20-13-25-9-10-26-20/h2-11,13-14H,12H2,1H3,(H2,24,32)(H2,26,28,29,30,31). The Kier molecular flexibility index (Phi) is 5.84. The molecule has 3 aromatic rings. The number of carbonyl (C=O) groups excluding carboxylic acids is 1. The third-order valence-corrected chi connectivity index (χ3v) is 4.91. The summed E-state index contributed by atoms with van der Waals surface area (Å²) in [7, 11) is 0. The molecule has 1 aliphatic rings. The molecule has 0 aliphatic carbocycles. The Morgan fingerprint density at radius 1 is 1.19 bits per heavy atom. The fraction of sp³-hybridized carbons (Fsp3) is 0.182. The summed E-state index contributed by atoms with van der Waals surface area (Å²) in [6.45, 7) is 1.91. The summed E-state index contributed by atoms with van der Waals surface area (Å²) < 4.78 is 13.3. The van der Waals surface area contributed by atoms with Gasteiger partial charge in [0.05, 0.1) is 24.4 Å². The first-order valence-electron chi connectivity index (χ1n) is 9.89. The number of nitrogens with one attached hydrogen (secondary N) is 2. The summed E-state index contributed by atoms with van der Waals surface area (Å²) in [4.78, 5) is 33.6. The van der Waals surface area contributed by atoms with Crippen LogP contribution in [0.4, 0.5) is 22.0 Å². The van der Waals surface area contributed by atoms with Crippen LogP contribution in [0.3, 0.4) is 0 Å². The van der Waals surface area contributed by atoms with Crippen molar-refractivity contribution in [3.05, 3.63) is 78.1 Å². The first-order chi connectivity index (χ1) is 15.4. The minimum atomic E-state index is -1.02. The average molecular weight is 432 g/mol. The Labute approximate surface area is 183 Å². The van der Waals surface area contributed by atoms with Gasteiger partial charge < -0.3 is 16.4 Å². The maximum atomic E-state index is 13.3. The molecule has 0 bridgehead atoms. The molecule has 3 heterocycles. The van der Waals surface area contributed by atoms with Crippen LogP contribution in [-0.2, 0) is 10.3 Å². The number of hydrogen-bond acceptors (Lipinski definition) is 8. The molecule has 4 rings (SSSR count). The van der Waals surface area contributed by atoms with E-state index in [9.17, 15) is 9.18 Å². The van der Waals surface area contributed by atoms with E-state index in [0.29, 0.717) is 23.3 Å². The van der Waals surface area contributed by atoms with Gasteiger partial charge in [0.2, 0.25) is 11.9 Å². The van der Waals surface area contributed by atoms with Crippen LogP contribution in [0.2, 0.25) is 0 Å². The van der Waals surface area contributed by atoms with Crippen molar-refractivity contribution in [2.75, 3.05) is 10.6 Å². The maximum Gasteiger partial charge on any atom is 0.225 e. The van der Waals surface area contributed by atoms with Gasteiger partial charge in [-0.3, -0.25) is 14.8 Å². The van der Waals surface area contributed by atoms with E-state index in [1.807, 2.05) is 6.92 Å². The molecule has 2 unspecified atom stereocenters. The summed E-state index contributed by atoms with van der Waals surface area (Å²) >= 11 is 0. The number of carbonyl (C=O) groups is 1. The highest BCUT2D eigenvalue weighted by atomic mass is 19.1. The van der Waals surface area contributed by atoms with E-state index in [-0.39, 0.29) is 18.3 Å². The van der Waals surface area contributed by atoms with Crippen molar-refractivity contribution in [1.29, 1.82) is 0 Å². The van der Waals surface area contributed by atoms with Gasteiger partial charge in [0, 0.05) is 24.7 Å². The van der Waals surface area contributed by atoms with Crippen LogP contribution in [0, 0.1) is 5.82 Å². The number of allylic oxidation sites excluding steroid dienone is 1. The predicted molar refractivity (Wildman–Crippen MR) is 119 cm³/mol. The van der Waals surface area contributed by atoms with Crippen LogP contribution in [0.15, 0.2) is 66.1 Å². The molecule has 0 spiro atoms. The van der Waals surface area contributed by atoms with E-state index in [0.717, 1.165) is 5.56 Å². The van der Waals surface area contributed by atoms with Gasteiger partial charge in [0.1, 0.15) is 23.0 Å². The van der Waals surface area contributed by atoms with Gasteiger partial charge in [0.15, 0.2) is 0 Å². The molecule has 2 aromatic heterocycles. The fourth-order valence-corrected chi connectivity index (χ4v) is 3.35. The number of primary amides is 1. The van der Waals surface area contributed by atoms with Crippen LogP contribution in [0.5, 0.6) is 0 Å². The summed E-state index contributed by atoms with van der Waals surface area (Å²) in [6.07, 6.45) is 9.76. The van der Waals surface area contributed by atoms with E-state index in [1.165, 1.54) is 12.1 Å². The summed E-state index contributed by atoms with van der Waals surface area (Å²) in [5, 5.41) is 6.32. The molecule has 162 valence electrons. The SMILES string of the molecule is CC(Nc1nc(Nc2cnccn2)cc(C2(CC(N)=O)C=CC=N2)n1)c1ccc(F)cc1. The minimum absolute atomic E-state index is 0.0471. The topological polar surface area (TPSA) is 131 Å². The van der Waals surface area contributed by atoms with Gasteiger partial charge in [-0.1, -0.05) is 12.1 Å². The first-order valence-corrected chi connectivity index (χ1v) is 9.89. The van der Waals surface area contributed by atoms with Crippen LogP contribution in [0.1, 0.15) is 30.6 Å². The number of amides is 1. The Bertz CT molecular complexity index is 1150. The van der Waals surface area contributed by atoms with E-state index in [4.69, 9.17) is 5.73 Å². The van der Waals surface area contributed by atoms with Gasteiger partial charge in [-0.25, -0.2) is 14.4 Å². The smallest absolute Gasteiger partial charge is 0.225 e. The number of hydrogen-bond donors (Lipinski definition) is 3. The number of benzene rings is 1. The van der Waals surface area contributed by atoms with Crippen molar-refractivity contribution in [3.63, 3.8) is 0 Å². The number of halogens is 1. The normalized spacial score (nSPS) is 17.8. The van der Waals surface area contributed by atoms with E-state index >= 15 is 0 Å². The largest absolute Gasteiger partial charge is 0.370 e. The van der Waals surface area contributed by atoms with Gasteiger partial charge in [-0.15, -0.1) is 0 Å². The second-order valence-electron chi connectivity index (χ2n) is 7.30. The molecule has 1 aliphatic heterocycles. The summed E-state index contributed by atoms with van der Waals surface area (Å²) in [5.41, 5.74) is 5.81. The first kappa shape index (κ1) is 21.0. The molecule has 0 fully saturated rings. The molecule has 0 radical (unpaired) electrons. The summed E-state index contributed by atoms with van der Waals surface area (Å²) in [6, 6.07) is 7.64. The Hall–Kier alpha value is -4.21. The van der Waals surface area contributed by atoms with Crippen LogP contribution in [0.25, 0.3) is 0 Å². The zero-order valence-electron chi connectivity index (χ0n) is 17.2. The van der Waals surface area contributed by atoms with Gasteiger partial charge in [-0.2, -0.15) is 4.98 Å². The summed E-state index contributed by atoms with van der Waals surface area (Å²) in [5.74, 6) is 0.400. The van der Waals surface area contributed by atoms with E-state index < -0.39 is 11.4 Å². The van der Waals surface area contributed by atoms with Crippen LogP contribution >= 0.6 is 0 Å². The fourth-order valence-electron chi connectivity index (χ4n) is 3.35. The van der Waals surface area contributed by atoms with Crippen molar-refractivity contribution in [2.45, 2.75) is 24.9 Å². The molecule has 0 saturated heterocycles. The van der Waals surface area contributed by atoms with Crippen LogP contribution < -0.4 is 16.4 Å². The molecule has 1 aromatic carbocycles. The lowest BCUT2D eigenvalue weighted by Gasteiger charge is -2.24. The van der Waals surface area contributed by atoms with Crippen LogP contribution in [-0.4, -0.2) is 32.1 Å². The monoisotopic (exact) mass is 432 g/mol. The van der Waals surface area contributed by atoms with Gasteiger partial charge >= 0.3 is 0 Å². The minimum Gasteiger partial charge on any atom is -0.370 e. The Morgan fingerprint density at radius 3 is 2.66 bits per heavy atom. The lowest BCUT2D eigenvalue weighted by atomic mass is 9.92. The Morgan fingerprint density at radius 2 is 2.00 bits per heavy atom. The van der Waals surface area contributed by atoms with E-state index in [2.05, 4.69) is 35.6 Å². The lowest BCUT2D eigenvalue weighted by Crippen LogP contribution is -2.29. The molecule has 10 heteroatoms. The maximum absolute atomic E-state index is 13.3. The van der Waals surface area contributed by atoms with E-state index in [1.54, 1.807) is 55.2 Å². The third kappa shape index (κ3) is 4.75. The molecule has 0 saturated carbocycles. The Balaban J connectivity index is 1.71. The average Bonchev–Trinajstić information content (AvgIpc) is 3.24. The zero-order chi connectivity index (χ0) is 22.6. The number of aliphatic imine (C=N–C) groups is 1.